The Morgan fingerprint density at radius 2 is 1.65 bits per heavy atom. The third kappa shape index (κ3) is 5.73. The zero-order valence-electron chi connectivity index (χ0n) is 12.0. The second kappa shape index (κ2) is 6.06. The number of hydrogen-bond donors (Lipinski definition) is 2. The molecule has 0 unspecified atom stereocenters. The van der Waals surface area contributed by atoms with Gasteiger partial charge in [0.25, 0.3) is 0 Å². The van der Waals surface area contributed by atoms with Gasteiger partial charge in [-0.3, -0.25) is 0 Å². The molecule has 1 aromatic rings. The molecule has 0 amide bonds. The number of rotatable bonds is 3. The summed E-state index contributed by atoms with van der Waals surface area (Å²) in [6.07, 6.45) is 0.878. The lowest BCUT2D eigenvalue weighted by molar-refractivity contribution is 0.349. The molecule has 3 N–H and O–H groups in total. The minimum Gasteiger partial charge on any atom is -0.508 e. The Balaban J connectivity index is 0.00000121. The van der Waals surface area contributed by atoms with Crippen LogP contribution in [0, 0.1) is 0 Å². The van der Waals surface area contributed by atoms with Crippen LogP contribution < -0.4 is 5.73 Å². The zero-order chi connectivity index (χ0) is 13.7. The van der Waals surface area contributed by atoms with Gasteiger partial charge in [-0.1, -0.05) is 39.8 Å². The topological polar surface area (TPSA) is 46.2 Å². The highest BCUT2D eigenvalue weighted by Gasteiger charge is 2.27. The maximum absolute atomic E-state index is 9.44. The Hall–Kier alpha value is -1.02. The van der Waals surface area contributed by atoms with Crippen LogP contribution in [0.4, 0.5) is 0 Å². The molecule has 0 aromatic heterocycles. The highest BCUT2D eigenvalue weighted by molar-refractivity contribution is 5.32. The van der Waals surface area contributed by atoms with E-state index in [2.05, 4.69) is 13.8 Å². The van der Waals surface area contributed by atoms with Gasteiger partial charge in [0.05, 0.1) is 0 Å². The summed E-state index contributed by atoms with van der Waals surface area (Å²) in [5, 5.41) is 9.44. The predicted octanol–water partition coefficient (Wildman–Crippen LogP) is 3.82. The molecule has 0 atom stereocenters. The van der Waals surface area contributed by atoms with Gasteiger partial charge in [0.1, 0.15) is 5.75 Å². The van der Waals surface area contributed by atoms with Crippen LogP contribution in [-0.4, -0.2) is 10.6 Å². The Morgan fingerprint density at radius 1 is 1.12 bits per heavy atom. The monoisotopic (exact) mass is 237 g/mol. The van der Waals surface area contributed by atoms with Gasteiger partial charge in [0.15, 0.2) is 0 Å². The van der Waals surface area contributed by atoms with E-state index in [0.29, 0.717) is 5.75 Å². The molecular weight excluding hydrogens is 210 g/mol. The molecule has 17 heavy (non-hydrogen) atoms. The highest BCUT2D eigenvalue weighted by Crippen LogP contribution is 2.32. The molecule has 0 aliphatic rings. The maximum Gasteiger partial charge on any atom is 0.115 e. The van der Waals surface area contributed by atoms with E-state index in [0.717, 1.165) is 12.0 Å². The maximum atomic E-state index is 9.44. The molecule has 0 aliphatic heterocycles. The molecule has 0 aliphatic carbocycles. The molecule has 98 valence electrons. The third-order valence-electron chi connectivity index (χ3n) is 2.53. The van der Waals surface area contributed by atoms with Crippen LogP contribution in [0.5, 0.6) is 5.75 Å². The number of nitrogens with two attached hydrogens (primary N) is 1. The molecule has 0 radical (unpaired) electrons. The van der Waals surface area contributed by atoms with E-state index in [9.17, 15) is 5.11 Å². The van der Waals surface area contributed by atoms with Crippen molar-refractivity contribution in [2.45, 2.75) is 58.9 Å². The number of hydrogen-bond acceptors (Lipinski definition) is 2. The van der Waals surface area contributed by atoms with Gasteiger partial charge in [-0.15, -0.1) is 0 Å². The van der Waals surface area contributed by atoms with Crippen molar-refractivity contribution in [3.63, 3.8) is 0 Å². The standard InChI is InChI=1S/C13H21NO.C2H6/c1-12(2,9-13(3,4)14)10-6-5-7-11(15)8-10;1-2/h5-8,15H,9,14H2,1-4H3;1-2H3. The molecule has 0 saturated heterocycles. The lowest BCUT2D eigenvalue weighted by atomic mass is 9.75. The Morgan fingerprint density at radius 3 is 2.06 bits per heavy atom. The second-order valence-corrected chi connectivity index (χ2v) is 5.60. The summed E-state index contributed by atoms with van der Waals surface area (Å²) in [4.78, 5) is 0. The average Bonchev–Trinajstić information content (AvgIpc) is 2.17. The molecule has 1 aromatic carbocycles. The first kappa shape index (κ1) is 16.0. The zero-order valence-corrected chi connectivity index (χ0v) is 12.0. The van der Waals surface area contributed by atoms with Gasteiger partial charge in [-0.25, -0.2) is 0 Å². The summed E-state index contributed by atoms with van der Waals surface area (Å²) in [6, 6.07) is 7.40. The summed E-state index contributed by atoms with van der Waals surface area (Å²) >= 11 is 0. The van der Waals surface area contributed by atoms with Gasteiger partial charge < -0.3 is 10.8 Å². The Labute approximate surface area is 106 Å². The molecule has 2 heteroatoms. The van der Waals surface area contributed by atoms with Gasteiger partial charge in [0, 0.05) is 5.54 Å². The SMILES string of the molecule is CC.CC(C)(N)CC(C)(C)c1cccc(O)c1. The Bertz CT molecular complexity index is 337. The fraction of sp³-hybridized carbons (Fsp3) is 0.600. The fourth-order valence-corrected chi connectivity index (χ4v) is 2.17. The molecule has 0 fully saturated rings. The lowest BCUT2D eigenvalue weighted by Crippen LogP contribution is -2.39. The van der Waals surface area contributed by atoms with Crippen molar-refractivity contribution in [2.75, 3.05) is 0 Å². The molecule has 1 rings (SSSR count). The summed E-state index contributed by atoms with van der Waals surface area (Å²) in [5.74, 6) is 0.315. The summed E-state index contributed by atoms with van der Waals surface area (Å²) < 4.78 is 0. The quantitative estimate of drug-likeness (QED) is 0.839. The van der Waals surface area contributed by atoms with E-state index in [4.69, 9.17) is 5.73 Å². The van der Waals surface area contributed by atoms with Crippen molar-refractivity contribution in [2.24, 2.45) is 5.73 Å². The van der Waals surface area contributed by atoms with Gasteiger partial charge in [-0.2, -0.15) is 0 Å². The van der Waals surface area contributed by atoms with E-state index in [1.165, 1.54) is 0 Å². The minimum atomic E-state index is -0.199. The summed E-state index contributed by atoms with van der Waals surface area (Å²) in [6.45, 7) is 12.3. The predicted molar refractivity (Wildman–Crippen MR) is 75.4 cm³/mol. The van der Waals surface area contributed by atoms with Crippen molar-refractivity contribution in [3.8, 4) is 5.75 Å². The Kier molecular flexibility index (Phi) is 5.70. The van der Waals surface area contributed by atoms with Crippen LogP contribution in [0.25, 0.3) is 0 Å². The van der Waals surface area contributed by atoms with Gasteiger partial charge in [0.2, 0.25) is 0 Å². The van der Waals surface area contributed by atoms with Gasteiger partial charge >= 0.3 is 0 Å². The van der Waals surface area contributed by atoms with E-state index in [1.54, 1.807) is 6.07 Å². The third-order valence-corrected chi connectivity index (χ3v) is 2.53. The first-order valence-corrected chi connectivity index (χ1v) is 6.29. The number of phenols is 1. The van der Waals surface area contributed by atoms with E-state index >= 15 is 0 Å². The second-order valence-electron chi connectivity index (χ2n) is 5.60. The van der Waals surface area contributed by atoms with Crippen LogP contribution in [-0.2, 0) is 5.41 Å². The van der Waals surface area contributed by atoms with Crippen molar-refractivity contribution in [3.05, 3.63) is 29.8 Å². The molecular formula is C15H27NO. The molecule has 0 heterocycles. The molecule has 0 saturated carbocycles. The smallest absolute Gasteiger partial charge is 0.115 e. The summed E-state index contributed by atoms with van der Waals surface area (Å²) in [7, 11) is 0. The van der Waals surface area contributed by atoms with Gasteiger partial charge in [-0.05, 0) is 43.4 Å². The van der Waals surface area contributed by atoms with Crippen LogP contribution in [0.15, 0.2) is 24.3 Å². The molecule has 0 spiro atoms. The average molecular weight is 237 g/mol. The first-order valence-electron chi connectivity index (χ1n) is 6.29. The number of phenolic OH excluding ortho intramolecular Hbond substituents is 1. The van der Waals surface area contributed by atoms with Crippen molar-refractivity contribution < 1.29 is 5.11 Å². The molecule has 2 nitrogen and oxygen atoms in total. The number of aromatic hydroxyl groups is 1. The van der Waals surface area contributed by atoms with E-state index in [-0.39, 0.29) is 11.0 Å². The largest absolute Gasteiger partial charge is 0.508 e. The fourth-order valence-electron chi connectivity index (χ4n) is 2.17. The highest BCUT2D eigenvalue weighted by atomic mass is 16.3. The van der Waals surface area contributed by atoms with Crippen molar-refractivity contribution >= 4 is 0 Å². The van der Waals surface area contributed by atoms with Crippen LogP contribution in [0.1, 0.15) is 53.5 Å². The van der Waals surface area contributed by atoms with Crippen LogP contribution in [0.2, 0.25) is 0 Å². The minimum absolute atomic E-state index is 0.0169. The van der Waals surface area contributed by atoms with Crippen molar-refractivity contribution in [1.29, 1.82) is 0 Å². The van der Waals surface area contributed by atoms with Crippen LogP contribution >= 0.6 is 0 Å². The van der Waals surface area contributed by atoms with E-state index in [1.807, 2.05) is 45.9 Å². The first-order chi connectivity index (χ1) is 7.71. The summed E-state index contributed by atoms with van der Waals surface area (Å²) in [5.41, 5.74) is 6.94. The molecule has 0 bridgehead atoms. The van der Waals surface area contributed by atoms with E-state index < -0.39 is 0 Å². The van der Waals surface area contributed by atoms with Crippen LogP contribution in [0.3, 0.4) is 0 Å². The lowest BCUT2D eigenvalue weighted by Gasteiger charge is -2.32. The number of benzene rings is 1. The van der Waals surface area contributed by atoms with Crippen molar-refractivity contribution in [1.82, 2.24) is 0 Å². The normalized spacial score (nSPS) is 11.7.